The predicted molar refractivity (Wildman–Crippen MR) is 113 cm³/mol. The van der Waals surface area contributed by atoms with Crippen molar-refractivity contribution in [1.82, 2.24) is 28.6 Å². The molecule has 0 radical (unpaired) electrons. The van der Waals surface area contributed by atoms with Crippen LogP contribution in [0.5, 0.6) is 0 Å². The van der Waals surface area contributed by atoms with Gasteiger partial charge in [-0.25, -0.2) is 22.8 Å². The van der Waals surface area contributed by atoms with Crippen molar-refractivity contribution in [3.8, 4) is 11.4 Å². The molecule has 0 saturated carbocycles. The second-order valence-corrected chi connectivity index (χ2v) is 9.43. The van der Waals surface area contributed by atoms with E-state index in [-0.39, 0.29) is 16.8 Å². The molecular formula is C21H21FN6O2S. The molecular weight excluding hydrogens is 419 g/mol. The normalized spacial score (nSPS) is 17.5. The van der Waals surface area contributed by atoms with Gasteiger partial charge < -0.3 is 4.57 Å². The van der Waals surface area contributed by atoms with Gasteiger partial charge in [0, 0.05) is 37.6 Å². The molecule has 1 fully saturated rings. The number of hydrogen-bond donors (Lipinski definition) is 0. The molecule has 1 aliphatic rings. The lowest BCUT2D eigenvalue weighted by molar-refractivity contribution is 0.455. The van der Waals surface area contributed by atoms with Gasteiger partial charge in [0.05, 0.1) is 12.2 Å². The van der Waals surface area contributed by atoms with Crippen molar-refractivity contribution in [3.05, 3.63) is 60.8 Å². The van der Waals surface area contributed by atoms with Crippen LogP contribution in [0.15, 0.2) is 59.9 Å². The zero-order valence-corrected chi connectivity index (χ0v) is 17.7. The summed E-state index contributed by atoms with van der Waals surface area (Å²) in [6.07, 6.45) is 5.26. The van der Waals surface area contributed by atoms with Gasteiger partial charge in [-0.05, 0) is 49.7 Å². The molecule has 31 heavy (non-hydrogen) atoms. The van der Waals surface area contributed by atoms with E-state index in [0.717, 1.165) is 5.56 Å². The fraction of sp³-hybridized carbons (Fsp3) is 0.286. The maximum Gasteiger partial charge on any atom is 0.246 e. The Balaban J connectivity index is 1.53. The number of pyridine rings is 1. The average molecular weight is 441 g/mol. The minimum atomic E-state index is -3.64. The number of fused-ring (bicyclic) bond motifs is 1. The Morgan fingerprint density at radius 3 is 2.74 bits per heavy atom. The van der Waals surface area contributed by atoms with Crippen LogP contribution in [0.25, 0.3) is 22.6 Å². The monoisotopic (exact) mass is 440 g/mol. The van der Waals surface area contributed by atoms with Crippen LogP contribution in [-0.2, 0) is 16.6 Å². The Morgan fingerprint density at radius 1 is 1.19 bits per heavy atom. The molecule has 160 valence electrons. The van der Waals surface area contributed by atoms with E-state index < -0.39 is 10.0 Å². The number of sulfonamides is 1. The molecule has 1 saturated heterocycles. The number of aromatic nitrogens is 5. The predicted octanol–water partition coefficient (Wildman–Crippen LogP) is 3.09. The van der Waals surface area contributed by atoms with Crippen molar-refractivity contribution in [2.45, 2.75) is 30.8 Å². The highest BCUT2D eigenvalue weighted by Crippen LogP contribution is 2.34. The molecule has 1 aliphatic heterocycles. The first-order valence-electron chi connectivity index (χ1n) is 10.1. The van der Waals surface area contributed by atoms with Crippen molar-refractivity contribution in [2.75, 3.05) is 13.1 Å². The third-order valence-corrected chi connectivity index (χ3v) is 7.43. The van der Waals surface area contributed by atoms with Gasteiger partial charge in [0.1, 0.15) is 22.1 Å². The van der Waals surface area contributed by atoms with Crippen molar-refractivity contribution in [2.24, 2.45) is 0 Å². The highest BCUT2D eigenvalue weighted by molar-refractivity contribution is 7.89. The van der Waals surface area contributed by atoms with Gasteiger partial charge in [-0.3, -0.25) is 4.68 Å². The standard InChI is InChI=1S/C21H21FN6O2S/c1-2-26-14-18(12-24-26)31(29,30)27-11-9-17(13-27)28-20(15-5-7-16(22)8-6-15)25-19-4-3-10-23-21(19)28/h3-8,10,12,14,17H,2,9,11,13H2,1H3/t17-/m1/s1. The first kappa shape index (κ1) is 19.8. The maximum absolute atomic E-state index is 13.5. The number of benzene rings is 1. The molecule has 0 aliphatic carbocycles. The first-order valence-corrected chi connectivity index (χ1v) is 11.5. The van der Waals surface area contributed by atoms with Gasteiger partial charge in [-0.1, -0.05) is 0 Å². The molecule has 1 aromatic carbocycles. The van der Waals surface area contributed by atoms with Crippen LogP contribution >= 0.6 is 0 Å². The molecule has 10 heteroatoms. The minimum Gasteiger partial charge on any atom is -0.304 e. The lowest BCUT2D eigenvalue weighted by Crippen LogP contribution is -2.29. The largest absolute Gasteiger partial charge is 0.304 e. The summed E-state index contributed by atoms with van der Waals surface area (Å²) in [4.78, 5) is 9.40. The smallest absolute Gasteiger partial charge is 0.246 e. The minimum absolute atomic E-state index is 0.143. The van der Waals surface area contributed by atoms with E-state index in [9.17, 15) is 12.8 Å². The molecule has 0 spiro atoms. The van der Waals surface area contributed by atoms with Crippen molar-refractivity contribution in [1.29, 1.82) is 0 Å². The van der Waals surface area contributed by atoms with Gasteiger partial charge >= 0.3 is 0 Å². The first-order chi connectivity index (χ1) is 15.0. The summed E-state index contributed by atoms with van der Waals surface area (Å²) in [6, 6.07) is 9.67. The van der Waals surface area contributed by atoms with Crippen LogP contribution in [0.2, 0.25) is 0 Å². The zero-order chi connectivity index (χ0) is 21.6. The molecule has 0 bridgehead atoms. The van der Waals surface area contributed by atoms with E-state index in [1.54, 1.807) is 29.2 Å². The Hall–Kier alpha value is -3.11. The topological polar surface area (TPSA) is 85.9 Å². The van der Waals surface area contributed by atoms with Gasteiger partial charge in [-0.15, -0.1) is 0 Å². The van der Waals surface area contributed by atoms with Gasteiger partial charge in [0.25, 0.3) is 0 Å². The number of hydrogen-bond acceptors (Lipinski definition) is 5. The second-order valence-electron chi connectivity index (χ2n) is 7.50. The Bertz CT molecular complexity index is 1350. The van der Waals surface area contributed by atoms with E-state index in [1.165, 1.54) is 22.6 Å². The fourth-order valence-corrected chi connectivity index (χ4v) is 5.47. The molecule has 0 N–H and O–H groups in total. The molecule has 4 heterocycles. The zero-order valence-electron chi connectivity index (χ0n) is 16.9. The molecule has 0 unspecified atom stereocenters. The van der Waals surface area contributed by atoms with Crippen LogP contribution < -0.4 is 0 Å². The highest BCUT2D eigenvalue weighted by Gasteiger charge is 2.36. The van der Waals surface area contributed by atoms with Gasteiger partial charge in [0.15, 0.2) is 5.65 Å². The summed E-state index contributed by atoms with van der Waals surface area (Å²) in [5, 5.41) is 4.10. The SMILES string of the molecule is CCn1cc(S(=O)(=O)N2CC[C@@H](n3c(-c4ccc(F)cc4)nc4cccnc43)C2)cn1. The Labute approximate surface area is 179 Å². The summed E-state index contributed by atoms with van der Waals surface area (Å²) < 4.78 is 44.8. The Morgan fingerprint density at radius 2 is 2.00 bits per heavy atom. The van der Waals surface area contributed by atoms with Crippen LogP contribution in [-0.4, -0.2) is 50.1 Å². The van der Waals surface area contributed by atoms with Crippen molar-refractivity contribution < 1.29 is 12.8 Å². The van der Waals surface area contributed by atoms with Gasteiger partial charge in [-0.2, -0.15) is 9.40 Å². The molecule has 5 rings (SSSR count). The van der Waals surface area contributed by atoms with Crippen LogP contribution in [0.1, 0.15) is 19.4 Å². The number of rotatable bonds is 5. The molecule has 1 atom stereocenters. The molecule has 0 amide bonds. The van der Waals surface area contributed by atoms with Crippen LogP contribution in [0.4, 0.5) is 4.39 Å². The maximum atomic E-state index is 13.5. The quantitative estimate of drug-likeness (QED) is 0.476. The van der Waals surface area contributed by atoms with E-state index in [2.05, 4.69) is 10.1 Å². The van der Waals surface area contributed by atoms with Crippen LogP contribution in [0.3, 0.4) is 0 Å². The van der Waals surface area contributed by atoms with E-state index >= 15 is 0 Å². The average Bonchev–Trinajstić information content (AvgIpc) is 3.51. The number of aryl methyl sites for hydroxylation is 1. The number of imidazole rings is 1. The number of halogens is 1. The molecule has 4 aromatic rings. The summed E-state index contributed by atoms with van der Waals surface area (Å²) in [5.74, 6) is 0.326. The fourth-order valence-electron chi connectivity index (χ4n) is 4.02. The summed E-state index contributed by atoms with van der Waals surface area (Å²) in [6.45, 7) is 3.20. The number of nitrogens with zero attached hydrogens (tertiary/aromatic N) is 6. The summed E-state index contributed by atoms with van der Waals surface area (Å²) in [7, 11) is -3.64. The van der Waals surface area contributed by atoms with Gasteiger partial charge in [0.2, 0.25) is 10.0 Å². The Kier molecular flexibility index (Phi) is 4.82. The van der Waals surface area contributed by atoms with Crippen molar-refractivity contribution >= 4 is 21.2 Å². The highest BCUT2D eigenvalue weighted by atomic mass is 32.2. The van der Waals surface area contributed by atoms with E-state index in [1.807, 2.05) is 23.6 Å². The van der Waals surface area contributed by atoms with E-state index in [0.29, 0.717) is 43.0 Å². The van der Waals surface area contributed by atoms with Crippen molar-refractivity contribution in [3.63, 3.8) is 0 Å². The molecule has 3 aromatic heterocycles. The summed E-state index contributed by atoms with van der Waals surface area (Å²) in [5.41, 5.74) is 2.15. The van der Waals surface area contributed by atoms with Crippen LogP contribution in [0, 0.1) is 5.82 Å². The lowest BCUT2D eigenvalue weighted by Gasteiger charge is -2.18. The third-order valence-electron chi connectivity index (χ3n) is 5.61. The summed E-state index contributed by atoms with van der Waals surface area (Å²) >= 11 is 0. The second kappa shape index (κ2) is 7.54. The van der Waals surface area contributed by atoms with E-state index in [4.69, 9.17) is 4.98 Å². The lowest BCUT2D eigenvalue weighted by atomic mass is 10.2. The molecule has 8 nitrogen and oxygen atoms in total. The third kappa shape index (κ3) is 3.41.